The van der Waals surface area contributed by atoms with Crippen molar-refractivity contribution in [1.29, 1.82) is 0 Å². The van der Waals surface area contributed by atoms with Crippen LogP contribution >= 0.6 is 0 Å². The van der Waals surface area contributed by atoms with Crippen LogP contribution in [0.25, 0.3) is 5.69 Å². The van der Waals surface area contributed by atoms with Crippen molar-refractivity contribution in [1.82, 2.24) is 9.78 Å². The van der Waals surface area contributed by atoms with Gasteiger partial charge in [0.05, 0.1) is 4.92 Å². The minimum absolute atomic E-state index is 0.00250. The van der Waals surface area contributed by atoms with Gasteiger partial charge in [0.15, 0.2) is 5.69 Å². The second-order valence-electron chi connectivity index (χ2n) is 4.04. The topological polar surface area (TPSA) is 61.0 Å². The Labute approximate surface area is 111 Å². The van der Waals surface area contributed by atoms with Crippen LogP contribution in [0.4, 0.5) is 18.9 Å². The Bertz CT molecular complexity index is 650. The molecule has 0 radical (unpaired) electrons. The summed E-state index contributed by atoms with van der Waals surface area (Å²) in [4.78, 5) is 10.2. The number of hydrogen-bond acceptors (Lipinski definition) is 3. The molecule has 0 spiro atoms. The molecule has 0 aliphatic heterocycles. The lowest BCUT2D eigenvalue weighted by Crippen LogP contribution is -2.09. The Morgan fingerprint density at radius 2 is 2.00 bits per heavy atom. The molecule has 0 N–H and O–H groups in total. The van der Waals surface area contributed by atoms with Crippen molar-refractivity contribution < 1.29 is 18.1 Å². The zero-order chi connectivity index (χ0) is 14.9. The number of aryl methyl sites for hydroxylation is 1. The molecule has 2 rings (SSSR count). The molecule has 0 unspecified atom stereocenters. The Morgan fingerprint density at radius 3 is 2.50 bits per heavy atom. The molecule has 8 heteroatoms. The van der Waals surface area contributed by atoms with E-state index in [-0.39, 0.29) is 23.4 Å². The fourth-order valence-electron chi connectivity index (χ4n) is 1.84. The molecule has 0 amide bonds. The number of rotatable bonds is 3. The van der Waals surface area contributed by atoms with Crippen LogP contribution < -0.4 is 0 Å². The van der Waals surface area contributed by atoms with Crippen molar-refractivity contribution in [3.05, 3.63) is 51.8 Å². The molecule has 20 heavy (non-hydrogen) atoms. The van der Waals surface area contributed by atoms with Crippen LogP contribution in [-0.2, 0) is 12.6 Å². The smallest absolute Gasteiger partial charge is 0.258 e. The van der Waals surface area contributed by atoms with E-state index in [1.165, 1.54) is 30.5 Å². The third-order valence-corrected chi connectivity index (χ3v) is 2.76. The summed E-state index contributed by atoms with van der Waals surface area (Å²) in [5.74, 6) is 0. The number of alkyl halides is 3. The molecule has 0 aliphatic rings. The number of para-hydroxylation sites is 2. The van der Waals surface area contributed by atoms with Gasteiger partial charge in [0.2, 0.25) is 0 Å². The first-order chi connectivity index (χ1) is 9.34. The first kappa shape index (κ1) is 14.0. The van der Waals surface area contributed by atoms with Gasteiger partial charge in [-0.05, 0) is 12.5 Å². The Balaban J connectivity index is 2.60. The molecular weight excluding hydrogens is 275 g/mol. The largest absolute Gasteiger partial charge is 0.435 e. The standard InChI is InChI=1S/C12H10F3N3O2/c1-2-8-7-17(16-11(8)12(13,14)15)9-5-3-4-6-10(9)18(19)20/h3-7H,2H2,1H3. The molecule has 106 valence electrons. The fraction of sp³-hybridized carbons (Fsp3) is 0.250. The van der Waals surface area contributed by atoms with Crippen molar-refractivity contribution in [2.75, 3.05) is 0 Å². The highest BCUT2D eigenvalue weighted by Gasteiger charge is 2.37. The molecule has 1 aromatic heterocycles. The maximum atomic E-state index is 12.8. The van der Waals surface area contributed by atoms with Crippen molar-refractivity contribution in [3.63, 3.8) is 0 Å². The summed E-state index contributed by atoms with van der Waals surface area (Å²) >= 11 is 0. The van der Waals surface area contributed by atoms with Gasteiger partial charge in [-0.15, -0.1) is 0 Å². The number of halogens is 3. The second kappa shape index (κ2) is 4.95. The molecule has 1 aromatic carbocycles. The van der Waals surface area contributed by atoms with Gasteiger partial charge in [0, 0.05) is 17.8 Å². The molecule has 1 heterocycles. The van der Waals surface area contributed by atoms with Crippen molar-refractivity contribution >= 4 is 5.69 Å². The van der Waals surface area contributed by atoms with E-state index in [1.54, 1.807) is 6.92 Å². The monoisotopic (exact) mass is 285 g/mol. The third kappa shape index (κ3) is 2.49. The second-order valence-corrected chi connectivity index (χ2v) is 4.04. The first-order valence-electron chi connectivity index (χ1n) is 5.74. The average molecular weight is 285 g/mol. The Hall–Kier alpha value is -2.38. The fourth-order valence-corrected chi connectivity index (χ4v) is 1.84. The minimum atomic E-state index is -4.58. The Kier molecular flexibility index (Phi) is 3.47. The summed E-state index contributed by atoms with van der Waals surface area (Å²) in [6.07, 6.45) is -3.28. The number of hydrogen-bond donors (Lipinski definition) is 0. The van der Waals surface area contributed by atoms with Gasteiger partial charge in [0.1, 0.15) is 5.69 Å². The lowest BCUT2D eigenvalue weighted by atomic mass is 10.2. The van der Waals surface area contributed by atoms with Crippen molar-refractivity contribution in [3.8, 4) is 5.69 Å². The van der Waals surface area contributed by atoms with E-state index < -0.39 is 16.8 Å². The number of aromatic nitrogens is 2. The van der Waals surface area contributed by atoms with E-state index in [9.17, 15) is 23.3 Å². The Morgan fingerprint density at radius 1 is 1.35 bits per heavy atom. The molecule has 0 saturated carbocycles. The summed E-state index contributed by atoms with van der Waals surface area (Å²) in [5, 5.41) is 14.3. The van der Waals surface area contributed by atoms with E-state index in [0.717, 1.165) is 4.68 Å². The van der Waals surface area contributed by atoms with Crippen LogP contribution in [0.1, 0.15) is 18.2 Å². The van der Waals surface area contributed by atoms with E-state index in [4.69, 9.17) is 0 Å². The van der Waals surface area contributed by atoms with Crippen LogP contribution in [0, 0.1) is 10.1 Å². The highest BCUT2D eigenvalue weighted by atomic mass is 19.4. The van der Waals surface area contributed by atoms with Crippen LogP contribution in [0.5, 0.6) is 0 Å². The van der Waals surface area contributed by atoms with Crippen LogP contribution in [0.3, 0.4) is 0 Å². The molecule has 0 saturated heterocycles. The van der Waals surface area contributed by atoms with Gasteiger partial charge < -0.3 is 0 Å². The van der Waals surface area contributed by atoms with Gasteiger partial charge in [-0.2, -0.15) is 18.3 Å². The zero-order valence-corrected chi connectivity index (χ0v) is 10.4. The number of benzene rings is 1. The zero-order valence-electron chi connectivity index (χ0n) is 10.4. The molecule has 0 bridgehead atoms. The highest BCUT2D eigenvalue weighted by Crippen LogP contribution is 2.32. The summed E-state index contributed by atoms with van der Waals surface area (Å²) in [5.41, 5.74) is -1.32. The lowest BCUT2D eigenvalue weighted by molar-refractivity contribution is -0.384. The third-order valence-electron chi connectivity index (χ3n) is 2.76. The predicted molar refractivity (Wildman–Crippen MR) is 64.6 cm³/mol. The van der Waals surface area contributed by atoms with Gasteiger partial charge in [-0.25, -0.2) is 4.68 Å². The summed E-state index contributed by atoms with van der Waals surface area (Å²) in [7, 11) is 0. The number of nitrogens with zero attached hydrogens (tertiary/aromatic N) is 3. The van der Waals surface area contributed by atoms with Crippen LogP contribution in [-0.4, -0.2) is 14.7 Å². The van der Waals surface area contributed by atoms with Crippen molar-refractivity contribution in [2.45, 2.75) is 19.5 Å². The normalized spacial score (nSPS) is 11.6. The van der Waals surface area contributed by atoms with Gasteiger partial charge in [-0.1, -0.05) is 19.1 Å². The molecule has 2 aromatic rings. The van der Waals surface area contributed by atoms with E-state index in [0.29, 0.717) is 0 Å². The summed E-state index contributed by atoms with van der Waals surface area (Å²) < 4.78 is 39.3. The molecule has 5 nitrogen and oxygen atoms in total. The quantitative estimate of drug-likeness (QED) is 0.641. The molecular formula is C12H10F3N3O2. The summed E-state index contributed by atoms with van der Waals surface area (Å²) in [6.45, 7) is 1.57. The van der Waals surface area contributed by atoms with Crippen LogP contribution in [0.15, 0.2) is 30.5 Å². The number of nitro benzene ring substituents is 1. The van der Waals surface area contributed by atoms with E-state index in [1.807, 2.05) is 0 Å². The maximum Gasteiger partial charge on any atom is 0.435 e. The minimum Gasteiger partial charge on any atom is -0.258 e. The number of nitro groups is 1. The predicted octanol–water partition coefficient (Wildman–Crippen LogP) is 3.36. The lowest BCUT2D eigenvalue weighted by Gasteiger charge is -2.04. The molecule has 0 aliphatic carbocycles. The van der Waals surface area contributed by atoms with Gasteiger partial charge in [-0.3, -0.25) is 10.1 Å². The summed E-state index contributed by atoms with van der Waals surface area (Å²) in [6, 6.07) is 5.51. The van der Waals surface area contributed by atoms with E-state index in [2.05, 4.69) is 5.10 Å². The molecule has 0 fully saturated rings. The van der Waals surface area contributed by atoms with Crippen molar-refractivity contribution in [2.24, 2.45) is 0 Å². The van der Waals surface area contributed by atoms with Gasteiger partial charge in [0.25, 0.3) is 5.69 Å². The van der Waals surface area contributed by atoms with Crippen LogP contribution in [0.2, 0.25) is 0 Å². The first-order valence-corrected chi connectivity index (χ1v) is 5.74. The average Bonchev–Trinajstić information content (AvgIpc) is 2.82. The SMILES string of the molecule is CCc1cn(-c2ccccc2[N+](=O)[O-])nc1C(F)(F)F. The highest BCUT2D eigenvalue weighted by molar-refractivity contribution is 5.52. The van der Waals surface area contributed by atoms with Gasteiger partial charge >= 0.3 is 6.18 Å². The maximum absolute atomic E-state index is 12.8. The van der Waals surface area contributed by atoms with E-state index >= 15 is 0 Å². The molecule has 0 atom stereocenters.